The van der Waals surface area contributed by atoms with Gasteiger partial charge in [-0.1, -0.05) is 10.3 Å². The Bertz CT molecular complexity index is 832. The third-order valence-corrected chi connectivity index (χ3v) is 6.98. The summed E-state index contributed by atoms with van der Waals surface area (Å²) in [4.78, 5) is 4.65. The third-order valence-electron chi connectivity index (χ3n) is 4.83. The van der Waals surface area contributed by atoms with Gasteiger partial charge in [-0.15, -0.1) is 0 Å². The highest BCUT2D eigenvalue weighted by molar-refractivity contribution is 7.89. The van der Waals surface area contributed by atoms with Crippen LogP contribution in [0.5, 0.6) is 0 Å². The molecule has 9 nitrogen and oxygen atoms in total. The molecular formula is C16H25N5O4S. The zero-order chi connectivity index (χ0) is 18.9. The first kappa shape index (κ1) is 19.0. The highest BCUT2D eigenvalue weighted by Crippen LogP contribution is 2.31. The summed E-state index contributed by atoms with van der Waals surface area (Å²) in [5, 5.41) is 10.9. The Balaban J connectivity index is 1.66. The molecular weight excluding hydrogens is 358 g/mol. The predicted octanol–water partition coefficient (Wildman–Crippen LogP) is 1.39. The van der Waals surface area contributed by atoms with Crippen LogP contribution in [0.15, 0.2) is 13.9 Å². The van der Waals surface area contributed by atoms with Crippen molar-refractivity contribution in [2.75, 3.05) is 20.1 Å². The van der Waals surface area contributed by atoms with Gasteiger partial charge in [-0.2, -0.15) is 9.29 Å². The molecule has 0 bridgehead atoms. The standard InChI is InChI=1S/C16H25N5O4S/c1-10(17-4)9-14-18-16(25-20-14)13-5-7-21(8-6-13)26(22,23)15-11(2)19-24-12(15)3/h10,13,17H,5-9H2,1-4H3. The lowest BCUT2D eigenvalue weighted by atomic mass is 9.98. The second-order valence-corrected chi connectivity index (χ2v) is 8.65. The summed E-state index contributed by atoms with van der Waals surface area (Å²) in [6.07, 6.45) is 1.98. The number of sulfonamides is 1. The quantitative estimate of drug-likeness (QED) is 0.796. The lowest BCUT2D eigenvalue weighted by Gasteiger charge is -2.29. The Morgan fingerprint density at radius 2 is 1.92 bits per heavy atom. The van der Waals surface area contributed by atoms with Gasteiger partial charge in [0.1, 0.15) is 10.6 Å². The van der Waals surface area contributed by atoms with Crippen molar-refractivity contribution in [3.63, 3.8) is 0 Å². The Morgan fingerprint density at radius 1 is 1.23 bits per heavy atom. The maximum absolute atomic E-state index is 12.9. The van der Waals surface area contributed by atoms with Crippen LogP contribution in [0.1, 0.15) is 48.9 Å². The lowest BCUT2D eigenvalue weighted by molar-refractivity contribution is 0.269. The molecule has 1 fully saturated rings. The van der Waals surface area contributed by atoms with E-state index in [0.717, 1.165) is 0 Å². The average molecular weight is 383 g/mol. The number of nitrogens with one attached hydrogen (secondary N) is 1. The fourth-order valence-corrected chi connectivity index (χ4v) is 4.97. The Kier molecular flexibility index (Phi) is 5.44. The highest BCUT2D eigenvalue weighted by Gasteiger charge is 2.35. The van der Waals surface area contributed by atoms with Crippen molar-refractivity contribution in [1.29, 1.82) is 0 Å². The second kappa shape index (κ2) is 7.45. The second-order valence-electron chi connectivity index (χ2n) is 6.77. The number of aromatic nitrogens is 3. The van der Waals surface area contributed by atoms with Crippen molar-refractivity contribution in [1.82, 2.24) is 24.9 Å². The van der Waals surface area contributed by atoms with E-state index in [1.807, 2.05) is 14.0 Å². The highest BCUT2D eigenvalue weighted by atomic mass is 32.2. The van der Waals surface area contributed by atoms with Gasteiger partial charge in [0.05, 0.1) is 0 Å². The largest absolute Gasteiger partial charge is 0.360 e. The molecule has 2 aromatic heterocycles. The SMILES string of the molecule is CNC(C)Cc1noc(C2CCN(S(=O)(=O)c3c(C)noc3C)CC2)n1. The Morgan fingerprint density at radius 3 is 2.50 bits per heavy atom. The molecule has 1 aliphatic heterocycles. The molecule has 3 heterocycles. The fraction of sp³-hybridized carbons (Fsp3) is 0.688. The van der Waals surface area contributed by atoms with Gasteiger partial charge in [0.25, 0.3) is 0 Å². The Hall–Kier alpha value is -1.78. The van der Waals surface area contributed by atoms with Crippen molar-refractivity contribution < 1.29 is 17.5 Å². The van der Waals surface area contributed by atoms with Crippen LogP contribution in [0.2, 0.25) is 0 Å². The normalized spacial score (nSPS) is 18.3. The first-order valence-electron chi connectivity index (χ1n) is 8.75. The molecule has 1 saturated heterocycles. The van der Waals surface area contributed by atoms with E-state index < -0.39 is 10.0 Å². The van der Waals surface area contributed by atoms with Gasteiger partial charge >= 0.3 is 0 Å². The number of rotatable bonds is 6. The van der Waals surface area contributed by atoms with Crippen molar-refractivity contribution in [2.24, 2.45) is 0 Å². The van der Waals surface area contributed by atoms with E-state index in [1.165, 1.54) is 4.31 Å². The molecule has 2 aromatic rings. The van der Waals surface area contributed by atoms with Crippen LogP contribution >= 0.6 is 0 Å². The molecule has 1 N–H and O–H groups in total. The van der Waals surface area contributed by atoms with Crippen molar-refractivity contribution in [3.8, 4) is 0 Å². The van der Waals surface area contributed by atoms with E-state index in [-0.39, 0.29) is 16.9 Å². The van der Waals surface area contributed by atoms with E-state index in [0.29, 0.717) is 55.5 Å². The van der Waals surface area contributed by atoms with Crippen molar-refractivity contribution >= 4 is 10.0 Å². The molecule has 0 radical (unpaired) electrons. The predicted molar refractivity (Wildman–Crippen MR) is 93.2 cm³/mol. The van der Waals surface area contributed by atoms with Crippen LogP contribution in [0.3, 0.4) is 0 Å². The summed E-state index contributed by atoms with van der Waals surface area (Å²) in [5.41, 5.74) is 0.393. The maximum Gasteiger partial charge on any atom is 0.248 e. The number of piperidine rings is 1. The number of aryl methyl sites for hydroxylation is 2. The fourth-order valence-electron chi connectivity index (χ4n) is 3.21. The lowest BCUT2D eigenvalue weighted by Crippen LogP contribution is -2.38. The van der Waals surface area contributed by atoms with Gasteiger partial charge in [0, 0.05) is 31.5 Å². The number of hydrogen-bond donors (Lipinski definition) is 1. The van der Waals surface area contributed by atoms with Gasteiger partial charge in [-0.05, 0) is 40.7 Å². The molecule has 1 unspecified atom stereocenters. The zero-order valence-corrected chi connectivity index (χ0v) is 16.3. The topological polar surface area (TPSA) is 114 Å². The molecule has 0 saturated carbocycles. The van der Waals surface area contributed by atoms with Gasteiger partial charge < -0.3 is 14.4 Å². The average Bonchev–Trinajstić information content (AvgIpc) is 3.21. The van der Waals surface area contributed by atoms with Crippen LogP contribution < -0.4 is 5.32 Å². The van der Waals surface area contributed by atoms with Gasteiger partial charge in [-0.25, -0.2) is 8.42 Å². The van der Waals surface area contributed by atoms with Crippen molar-refractivity contribution in [2.45, 2.75) is 56.9 Å². The van der Waals surface area contributed by atoms with E-state index in [2.05, 4.69) is 20.6 Å². The first-order valence-corrected chi connectivity index (χ1v) is 10.2. The number of nitrogens with zero attached hydrogens (tertiary/aromatic N) is 4. The van der Waals surface area contributed by atoms with Gasteiger partial charge in [-0.3, -0.25) is 0 Å². The minimum atomic E-state index is -3.60. The van der Waals surface area contributed by atoms with E-state index in [9.17, 15) is 8.42 Å². The molecule has 1 aliphatic rings. The third kappa shape index (κ3) is 3.67. The summed E-state index contributed by atoms with van der Waals surface area (Å²) in [6.45, 7) is 6.12. The summed E-state index contributed by atoms with van der Waals surface area (Å²) in [5.74, 6) is 1.67. The summed E-state index contributed by atoms with van der Waals surface area (Å²) in [6, 6.07) is 0.266. The van der Waals surface area contributed by atoms with Crippen LogP contribution in [0.25, 0.3) is 0 Å². The zero-order valence-electron chi connectivity index (χ0n) is 15.5. The van der Waals surface area contributed by atoms with Gasteiger partial charge in [0.2, 0.25) is 15.9 Å². The monoisotopic (exact) mass is 383 g/mol. The molecule has 0 amide bonds. The van der Waals surface area contributed by atoms with Crippen molar-refractivity contribution in [3.05, 3.63) is 23.2 Å². The van der Waals surface area contributed by atoms with E-state index in [4.69, 9.17) is 9.05 Å². The van der Waals surface area contributed by atoms with Crippen LogP contribution in [0, 0.1) is 13.8 Å². The summed E-state index contributed by atoms with van der Waals surface area (Å²) >= 11 is 0. The van der Waals surface area contributed by atoms with Gasteiger partial charge in [0.15, 0.2) is 11.6 Å². The van der Waals surface area contributed by atoms with E-state index >= 15 is 0 Å². The van der Waals surface area contributed by atoms with E-state index in [1.54, 1.807) is 13.8 Å². The minimum Gasteiger partial charge on any atom is -0.360 e. The molecule has 26 heavy (non-hydrogen) atoms. The number of likely N-dealkylation sites (N-methyl/N-ethyl adjacent to an activating group) is 1. The molecule has 1 atom stereocenters. The molecule has 0 spiro atoms. The van der Waals surface area contributed by atoms with Crippen LogP contribution in [-0.2, 0) is 16.4 Å². The number of hydrogen-bond acceptors (Lipinski definition) is 8. The maximum atomic E-state index is 12.9. The molecule has 3 rings (SSSR count). The van der Waals surface area contributed by atoms with Crippen LogP contribution in [-0.4, -0.2) is 54.2 Å². The summed E-state index contributed by atoms with van der Waals surface area (Å²) in [7, 11) is -1.71. The summed E-state index contributed by atoms with van der Waals surface area (Å²) < 4.78 is 37.6. The smallest absolute Gasteiger partial charge is 0.248 e. The molecule has 0 aromatic carbocycles. The Labute approximate surface area is 153 Å². The van der Waals surface area contributed by atoms with Crippen LogP contribution in [0.4, 0.5) is 0 Å². The molecule has 0 aliphatic carbocycles. The minimum absolute atomic E-state index is 0.0808. The molecule has 144 valence electrons. The first-order chi connectivity index (χ1) is 12.3. The molecule has 10 heteroatoms.